The summed E-state index contributed by atoms with van der Waals surface area (Å²) in [4.78, 5) is 0. The highest BCUT2D eigenvalue weighted by molar-refractivity contribution is 4.85. The van der Waals surface area contributed by atoms with E-state index in [1.807, 2.05) is 0 Å². The molecule has 0 aromatic heterocycles. The van der Waals surface area contributed by atoms with Crippen molar-refractivity contribution in [1.82, 2.24) is 0 Å². The van der Waals surface area contributed by atoms with Gasteiger partial charge in [0.2, 0.25) is 0 Å². The van der Waals surface area contributed by atoms with Crippen molar-refractivity contribution in [1.29, 1.82) is 0 Å². The summed E-state index contributed by atoms with van der Waals surface area (Å²) in [5.41, 5.74) is 5.40. The fraction of sp³-hybridized carbons (Fsp3) is 1.00. The molecule has 1 heteroatoms. The molecule has 1 saturated carbocycles. The largest absolute Gasteiger partial charge is 0.330 e. The van der Waals surface area contributed by atoms with Crippen LogP contribution in [0.2, 0.25) is 0 Å². The summed E-state index contributed by atoms with van der Waals surface area (Å²) in [6.45, 7) is 3.15. The zero-order valence-corrected chi connectivity index (χ0v) is 4.85. The van der Waals surface area contributed by atoms with Crippen molar-refractivity contribution in [3.8, 4) is 0 Å². The lowest BCUT2D eigenvalue weighted by molar-refractivity contribution is 0.687. The van der Waals surface area contributed by atoms with E-state index in [2.05, 4.69) is 6.92 Å². The molecule has 0 aliphatic heterocycles. The van der Waals surface area contributed by atoms with Crippen molar-refractivity contribution in [2.24, 2.45) is 17.6 Å². The van der Waals surface area contributed by atoms with E-state index in [1.54, 1.807) is 0 Å². The van der Waals surface area contributed by atoms with Crippen LogP contribution in [0, 0.1) is 11.8 Å². The molecule has 0 saturated heterocycles. The third kappa shape index (κ3) is 0.942. The molecule has 2 atom stereocenters. The van der Waals surface area contributed by atoms with E-state index in [9.17, 15) is 0 Å². The van der Waals surface area contributed by atoms with Crippen LogP contribution in [-0.2, 0) is 0 Å². The second-order valence-corrected chi connectivity index (χ2v) is 2.40. The van der Waals surface area contributed by atoms with Crippen molar-refractivity contribution in [3.05, 3.63) is 0 Å². The SMILES string of the molecule is CC[C@@H]1CC1CN. The van der Waals surface area contributed by atoms with Gasteiger partial charge in [0, 0.05) is 0 Å². The lowest BCUT2D eigenvalue weighted by Gasteiger charge is -1.85. The van der Waals surface area contributed by atoms with Crippen molar-refractivity contribution in [3.63, 3.8) is 0 Å². The minimum atomic E-state index is 0.894. The van der Waals surface area contributed by atoms with Crippen molar-refractivity contribution < 1.29 is 0 Å². The van der Waals surface area contributed by atoms with E-state index in [1.165, 1.54) is 12.8 Å². The fourth-order valence-electron chi connectivity index (χ4n) is 1.10. The maximum atomic E-state index is 5.40. The van der Waals surface area contributed by atoms with Crippen LogP contribution in [0.1, 0.15) is 19.8 Å². The molecule has 1 aliphatic carbocycles. The summed E-state index contributed by atoms with van der Waals surface area (Å²) >= 11 is 0. The zero-order chi connectivity index (χ0) is 5.28. The number of nitrogens with two attached hydrogens (primary N) is 1. The van der Waals surface area contributed by atoms with Crippen LogP contribution in [0.15, 0.2) is 0 Å². The molecule has 1 unspecified atom stereocenters. The molecule has 1 rings (SSSR count). The van der Waals surface area contributed by atoms with Gasteiger partial charge in [-0.3, -0.25) is 0 Å². The Kier molecular flexibility index (Phi) is 1.33. The van der Waals surface area contributed by atoms with Gasteiger partial charge in [-0.05, 0) is 24.8 Å². The molecule has 1 nitrogen and oxygen atoms in total. The monoisotopic (exact) mass is 99.1 g/mol. The van der Waals surface area contributed by atoms with Gasteiger partial charge in [0.05, 0.1) is 0 Å². The van der Waals surface area contributed by atoms with Gasteiger partial charge < -0.3 is 5.73 Å². The van der Waals surface area contributed by atoms with Crippen LogP contribution in [0.3, 0.4) is 0 Å². The fourth-order valence-corrected chi connectivity index (χ4v) is 1.10. The van der Waals surface area contributed by atoms with Crippen LogP contribution in [0.4, 0.5) is 0 Å². The topological polar surface area (TPSA) is 26.0 Å². The molecule has 1 fully saturated rings. The van der Waals surface area contributed by atoms with Gasteiger partial charge in [-0.15, -0.1) is 0 Å². The summed E-state index contributed by atoms with van der Waals surface area (Å²) in [6, 6.07) is 0. The van der Waals surface area contributed by atoms with E-state index < -0.39 is 0 Å². The molecule has 0 bridgehead atoms. The lowest BCUT2D eigenvalue weighted by Crippen LogP contribution is -2.01. The Balaban J connectivity index is 2.06. The number of hydrogen-bond acceptors (Lipinski definition) is 1. The Morgan fingerprint density at radius 1 is 1.57 bits per heavy atom. The van der Waals surface area contributed by atoms with Crippen LogP contribution in [0.25, 0.3) is 0 Å². The van der Waals surface area contributed by atoms with Gasteiger partial charge in [-0.2, -0.15) is 0 Å². The average Bonchev–Trinajstić information content (AvgIpc) is 2.43. The van der Waals surface area contributed by atoms with Crippen molar-refractivity contribution in [2.45, 2.75) is 19.8 Å². The Hall–Kier alpha value is -0.0400. The maximum absolute atomic E-state index is 5.40. The predicted octanol–water partition coefficient (Wildman–Crippen LogP) is 0.991. The third-order valence-electron chi connectivity index (χ3n) is 1.90. The van der Waals surface area contributed by atoms with Crippen molar-refractivity contribution >= 4 is 0 Å². The molecule has 0 radical (unpaired) electrons. The molecule has 0 spiro atoms. The minimum Gasteiger partial charge on any atom is -0.330 e. The van der Waals surface area contributed by atoms with E-state index >= 15 is 0 Å². The highest BCUT2D eigenvalue weighted by atomic mass is 14.6. The summed E-state index contributed by atoms with van der Waals surface area (Å²) in [7, 11) is 0. The average molecular weight is 99.2 g/mol. The van der Waals surface area contributed by atoms with Gasteiger partial charge in [0.1, 0.15) is 0 Å². The van der Waals surface area contributed by atoms with E-state index in [4.69, 9.17) is 5.73 Å². The highest BCUT2D eigenvalue weighted by Crippen LogP contribution is 2.39. The molecule has 7 heavy (non-hydrogen) atoms. The van der Waals surface area contributed by atoms with Crippen molar-refractivity contribution in [2.75, 3.05) is 6.54 Å². The molecular weight excluding hydrogens is 86.1 g/mol. The molecule has 0 aromatic carbocycles. The first-order valence-corrected chi connectivity index (χ1v) is 3.08. The second kappa shape index (κ2) is 1.83. The smallest absolute Gasteiger partial charge is 0.00461 e. The molecule has 2 N–H and O–H groups in total. The Morgan fingerprint density at radius 2 is 2.29 bits per heavy atom. The first-order chi connectivity index (χ1) is 3.38. The summed E-state index contributed by atoms with van der Waals surface area (Å²) in [6.07, 6.45) is 2.73. The van der Waals surface area contributed by atoms with Gasteiger partial charge in [0.25, 0.3) is 0 Å². The molecular formula is C6H13N. The second-order valence-electron chi connectivity index (χ2n) is 2.40. The Labute approximate surface area is 44.9 Å². The first-order valence-electron chi connectivity index (χ1n) is 3.08. The van der Waals surface area contributed by atoms with Gasteiger partial charge in [0.15, 0.2) is 0 Å². The number of rotatable bonds is 2. The third-order valence-corrected chi connectivity index (χ3v) is 1.90. The lowest BCUT2D eigenvalue weighted by atomic mass is 10.3. The summed E-state index contributed by atoms with van der Waals surface area (Å²) in [5, 5.41) is 0. The highest BCUT2D eigenvalue weighted by Gasteiger charge is 2.33. The Bertz CT molecular complexity index is 53.2. The van der Waals surface area contributed by atoms with E-state index in [-0.39, 0.29) is 0 Å². The van der Waals surface area contributed by atoms with Crippen LogP contribution >= 0.6 is 0 Å². The molecule has 1 aliphatic rings. The predicted molar refractivity (Wildman–Crippen MR) is 30.9 cm³/mol. The van der Waals surface area contributed by atoms with E-state index in [0.29, 0.717) is 0 Å². The van der Waals surface area contributed by atoms with Crippen LogP contribution < -0.4 is 5.73 Å². The zero-order valence-electron chi connectivity index (χ0n) is 4.85. The molecule has 42 valence electrons. The van der Waals surface area contributed by atoms with Crippen LogP contribution in [0.5, 0.6) is 0 Å². The van der Waals surface area contributed by atoms with Gasteiger partial charge >= 0.3 is 0 Å². The van der Waals surface area contributed by atoms with Crippen LogP contribution in [-0.4, -0.2) is 6.54 Å². The molecule has 0 heterocycles. The Morgan fingerprint density at radius 3 is 2.43 bits per heavy atom. The summed E-state index contributed by atoms with van der Waals surface area (Å²) in [5.74, 6) is 1.88. The normalized spacial score (nSPS) is 38.6. The van der Waals surface area contributed by atoms with E-state index in [0.717, 1.165) is 18.4 Å². The molecule has 0 amide bonds. The summed E-state index contributed by atoms with van der Waals surface area (Å²) < 4.78 is 0. The number of hydrogen-bond donors (Lipinski definition) is 1. The van der Waals surface area contributed by atoms with Gasteiger partial charge in [-0.25, -0.2) is 0 Å². The standard InChI is InChI=1S/C6H13N/c1-2-5-3-6(5)4-7/h5-6H,2-4,7H2,1H3/t5-,6?/m1/s1. The first kappa shape index (κ1) is 5.10. The molecule has 0 aromatic rings. The minimum absolute atomic E-state index is 0.894. The maximum Gasteiger partial charge on any atom is -0.00461 e. The van der Waals surface area contributed by atoms with Gasteiger partial charge in [-0.1, -0.05) is 13.3 Å². The quantitative estimate of drug-likeness (QED) is 0.549.